The van der Waals surface area contributed by atoms with E-state index >= 15 is 0 Å². The van der Waals surface area contributed by atoms with Crippen molar-refractivity contribution in [3.63, 3.8) is 0 Å². The van der Waals surface area contributed by atoms with Crippen molar-refractivity contribution < 1.29 is 23.9 Å². The van der Waals surface area contributed by atoms with Crippen LogP contribution < -0.4 is 0 Å². The average molecular weight is 350 g/mol. The molecule has 1 aromatic carbocycles. The molecule has 0 amide bonds. The van der Waals surface area contributed by atoms with Gasteiger partial charge in [-0.3, -0.25) is 4.79 Å². The van der Waals surface area contributed by atoms with E-state index in [-0.39, 0.29) is 16.3 Å². The van der Waals surface area contributed by atoms with Gasteiger partial charge < -0.3 is 14.5 Å². The summed E-state index contributed by atoms with van der Waals surface area (Å²) in [5.41, 5.74) is 1.66. The number of aromatic nitrogens is 1. The topological polar surface area (TPSA) is 85.5 Å². The number of carbonyl (C=O) groups excluding carboxylic acids is 3. The third-order valence-corrected chi connectivity index (χ3v) is 3.86. The first-order chi connectivity index (χ1) is 11.4. The Bertz CT molecular complexity index is 809. The standard InChI is InChI=1S/C17H16ClNO5/c1-9-14(17(22)23-3)10(2)19-15(9)13(20)8-24-16(21)11-6-4-5-7-12(11)18/h4-7,19H,8H2,1-3H3. The van der Waals surface area contributed by atoms with Gasteiger partial charge in [0.15, 0.2) is 6.61 Å². The maximum Gasteiger partial charge on any atom is 0.340 e. The Morgan fingerprint density at radius 2 is 1.79 bits per heavy atom. The number of ketones is 1. The molecule has 0 radical (unpaired) electrons. The van der Waals surface area contributed by atoms with Crippen molar-refractivity contribution >= 4 is 29.3 Å². The summed E-state index contributed by atoms with van der Waals surface area (Å²) in [5.74, 6) is -1.68. The third kappa shape index (κ3) is 3.49. The van der Waals surface area contributed by atoms with E-state index < -0.39 is 24.3 Å². The summed E-state index contributed by atoms with van der Waals surface area (Å²) in [4.78, 5) is 38.8. The lowest BCUT2D eigenvalue weighted by atomic mass is 10.1. The van der Waals surface area contributed by atoms with Gasteiger partial charge in [0, 0.05) is 5.69 Å². The molecule has 0 saturated heterocycles. The van der Waals surface area contributed by atoms with Gasteiger partial charge >= 0.3 is 11.9 Å². The highest BCUT2D eigenvalue weighted by Crippen LogP contribution is 2.20. The molecule has 0 unspecified atom stereocenters. The van der Waals surface area contributed by atoms with Gasteiger partial charge in [-0.2, -0.15) is 0 Å². The molecule has 6 nitrogen and oxygen atoms in total. The second-order valence-corrected chi connectivity index (χ2v) is 5.50. The lowest BCUT2D eigenvalue weighted by Gasteiger charge is -2.05. The van der Waals surface area contributed by atoms with Crippen LogP contribution >= 0.6 is 11.6 Å². The van der Waals surface area contributed by atoms with Crippen molar-refractivity contribution in [3.8, 4) is 0 Å². The van der Waals surface area contributed by atoms with Crippen molar-refractivity contribution in [3.05, 3.63) is 57.4 Å². The molecule has 0 atom stereocenters. The normalized spacial score (nSPS) is 10.3. The highest BCUT2D eigenvalue weighted by atomic mass is 35.5. The maximum atomic E-state index is 12.3. The lowest BCUT2D eigenvalue weighted by molar-refractivity contribution is 0.0473. The predicted molar refractivity (Wildman–Crippen MR) is 87.7 cm³/mol. The fourth-order valence-electron chi connectivity index (χ4n) is 2.34. The van der Waals surface area contributed by atoms with Crippen LogP contribution in [0.3, 0.4) is 0 Å². The molecule has 2 rings (SSSR count). The monoisotopic (exact) mass is 349 g/mol. The number of Topliss-reactive ketones (excluding diaryl/α,β-unsaturated/α-hetero) is 1. The van der Waals surface area contributed by atoms with Crippen molar-refractivity contribution in [2.24, 2.45) is 0 Å². The van der Waals surface area contributed by atoms with Gasteiger partial charge in [-0.1, -0.05) is 23.7 Å². The van der Waals surface area contributed by atoms with E-state index in [0.29, 0.717) is 16.8 Å². The molecule has 1 heterocycles. The molecule has 24 heavy (non-hydrogen) atoms. The Hall–Kier alpha value is -2.60. The maximum absolute atomic E-state index is 12.3. The third-order valence-electron chi connectivity index (χ3n) is 3.53. The quantitative estimate of drug-likeness (QED) is 0.662. The van der Waals surface area contributed by atoms with E-state index in [0.717, 1.165) is 0 Å². The molecule has 0 bridgehead atoms. The van der Waals surface area contributed by atoms with Crippen LogP contribution in [-0.4, -0.2) is 36.4 Å². The van der Waals surface area contributed by atoms with Crippen molar-refractivity contribution in [1.82, 2.24) is 4.98 Å². The molecule has 0 fully saturated rings. The Balaban J connectivity index is 2.13. The first kappa shape index (κ1) is 17.7. The van der Waals surface area contributed by atoms with E-state index in [1.807, 2.05) is 0 Å². The largest absolute Gasteiger partial charge is 0.465 e. The number of H-pyrrole nitrogens is 1. The Labute approximate surface area is 143 Å². The number of hydrogen-bond acceptors (Lipinski definition) is 5. The minimum atomic E-state index is -0.692. The van der Waals surface area contributed by atoms with Crippen LogP contribution in [0.4, 0.5) is 0 Å². The second kappa shape index (κ2) is 7.31. The average Bonchev–Trinajstić information content (AvgIpc) is 2.86. The summed E-state index contributed by atoms with van der Waals surface area (Å²) < 4.78 is 9.70. The highest BCUT2D eigenvalue weighted by Gasteiger charge is 2.23. The fourth-order valence-corrected chi connectivity index (χ4v) is 2.56. The number of halogens is 1. The van der Waals surface area contributed by atoms with Gasteiger partial charge in [-0.15, -0.1) is 0 Å². The summed E-state index contributed by atoms with van der Waals surface area (Å²) in [5, 5.41) is 0.245. The zero-order valence-corrected chi connectivity index (χ0v) is 14.2. The highest BCUT2D eigenvalue weighted by molar-refractivity contribution is 6.33. The van der Waals surface area contributed by atoms with Gasteiger partial charge in [0.25, 0.3) is 0 Å². The molecule has 0 saturated carbocycles. The van der Waals surface area contributed by atoms with Crippen molar-refractivity contribution in [1.29, 1.82) is 0 Å². The van der Waals surface area contributed by atoms with Gasteiger partial charge in [-0.05, 0) is 31.5 Å². The molecule has 0 aliphatic heterocycles. The summed E-state index contributed by atoms with van der Waals surface area (Å²) in [6.07, 6.45) is 0. The molecule has 7 heteroatoms. The summed E-state index contributed by atoms with van der Waals surface area (Å²) in [7, 11) is 1.26. The zero-order valence-electron chi connectivity index (χ0n) is 13.4. The lowest BCUT2D eigenvalue weighted by Crippen LogP contribution is -2.16. The molecular formula is C17H16ClNO5. The van der Waals surface area contributed by atoms with Crippen LogP contribution in [0, 0.1) is 13.8 Å². The number of nitrogens with one attached hydrogen (secondary N) is 1. The number of hydrogen-bond donors (Lipinski definition) is 1. The number of ether oxygens (including phenoxy) is 2. The number of aryl methyl sites for hydroxylation is 1. The number of esters is 2. The summed E-state index contributed by atoms with van der Waals surface area (Å²) >= 11 is 5.91. The molecule has 0 spiro atoms. The van der Waals surface area contributed by atoms with E-state index in [1.54, 1.807) is 32.0 Å². The molecule has 1 N–H and O–H groups in total. The molecule has 126 valence electrons. The zero-order chi connectivity index (χ0) is 17.9. The van der Waals surface area contributed by atoms with E-state index in [9.17, 15) is 14.4 Å². The van der Waals surface area contributed by atoms with Gasteiger partial charge in [0.1, 0.15) is 0 Å². The Kier molecular flexibility index (Phi) is 5.41. The van der Waals surface area contributed by atoms with Crippen molar-refractivity contribution in [2.75, 3.05) is 13.7 Å². The number of carbonyl (C=O) groups is 3. The molecule has 0 aliphatic carbocycles. The van der Waals surface area contributed by atoms with Gasteiger partial charge in [-0.25, -0.2) is 9.59 Å². The van der Waals surface area contributed by atoms with Crippen LogP contribution in [0.15, 0.2) is 24.3 Å². The first-order valence-electron chi connectivity index (χ1n) is 7.09. The number of aromatic amines is 1. The Morgan fingerprint density at radius 3 is 2.42 bits per heavy atom. The molecule has 1 aromatic heterocycles. The van der Waals surface area contributed by atoms with Crippen LogP contribution in [0.5, 0.6) is 0 Å². The molecule has 2 aromatic rings. The fraction of sp³-hybridized carbons (Fsp3) is 0.235. The van der Waals surface area contributed by atoms with Crippen LogP contribution in [0.1, 0.15) is 42.5 Å². The van der Waals surface area contributed by atoms with E-state index in [1.165, 1.54) is 13.2 Å². The number of methoxy groups -OCH3 is 1. The number of rotatable bonds is 5. The summed E-state index contributed by atoms with van der Waals surface area (Å²) in [6, 6.07) is 6.39. The Morgan fingerprint density at radius 1 is 1.12 bits per heavy atom. The van der Waals surface area contributed by atoms with Crippen LogP contribution in [-0.2, 0) is 9.47 Å². The minimum Gasteiger partial charge on any atom is -0.465 e. The van der Waals surface area contributed by atoms with Crippen molar-refractivity contribution in [2.45, 2.75) is 13.8 Å². The smallest absolute Gasteiger partial charge is 0.340 e. The predicted octanol–water partition coefficient (Wildman–Crippen LogP) is 3.11. The molecule has 0 aliphatic rings. The number of benzene rings is 1. The van der Waals surface area contributed by atoms with Crippen LogP contribution in [0.25, 0.3) is 0 Å². The second-order valence-electron chi connectivity index (χ2n) is 5.10. The SMILES string of the molecule is COC(=O)c1c(C)[nH]c(C(=O)COC(=O)c2ccccc2Cl)c1C. The minimum absolute atomic E-state index is 0.182. The van der Waals surface area contributed by atoms with E-state index in [2.05, 4.69) is 9.72 Å². The first-order valence-corrected chi connectivity index (χ1v) is 7.47. The summed E-state index contributed by atoms with van der Waals surface area (Å²) in [6.45, 7) is 2.82. The van der Waals surface area contributed by atoms with Gasteiger partial charge in [0.05, 0.1) is 29.0 Å². The van der Waals surface area contributed by atoms with Gasteiger partial charge in [0.2, 0.25) is 5.78 Å². The van der Waals surface area contributed by atoms with E-state index in [4.69, 9.17) is 16.3 Å². The molecular weight excluding hydrogens is 334 g/mol. The van der Waals surface area contributed by atoms with Crippen LogP contribution in [0.2, 0.25) is 5.02 Å².